The minimum Gasteiger partial charge on any atom is -0.340 e. The Morgan fingerprint density at radius 2 is 2.00 bits per heavy atom. The molecule has 6 heteroatoms. The minimum atomic E-state index is 0. The highest BCUT2D eigenvalue weighted by atomic mass is 35.5. The Morgan fingerprint density at radius 1 is 1.16 bits per heavy atom. The largest absolute Gasteiger partial charge is 0.340 e. The van der Waals surface area contributed by atoms with Gasteiger partial charge in [0.25, 0.3) is 0 Å². The third kappa shape index (κ3) is 3.97. The maximum Gasteiger partial charge on any atom is 0.222 e. The first-order valence-corrected chi connectivity index (χ1v) is 7.05. The molecule has 3 fully saturated rings. The van der Waals surface area contributed by atoms with E-state index in [1.54, 1.807) is 0 Å². The molecule has 1 amide bonds. The number of rotatable bonds is 2. The second-order valence-electron chi connectivity index (χ2n) is 5.73. The number of amides is 1. The first-order valence-electron chi connectivity index (χ1n) is 7.05. The van der Waals surface area contributed by atoms with Crippen LogP contribution < -0.4 is 5.32 Å². The first kappa shape index (κ1) is 17.0. The topological polar surface area (TPSA) is 35.6 Å². The maximum absolute atomic E-state index is 12.2. The molecule has 112 valence electrons. The van der Waals surface area contributed by atoms with Gasteiger partial charge in [0, 0.05) is 32.1 Å². The van der Waals surface area contributed by atoms with Crippen LogP contribution in [0.25, 0.3) is 0 Å². The Balaban J connectivity index is 0.000000902. The standard InChI is InChI=1S/C13H23N3O.2ClH/c17-13(8-11-3-4-14-9-11)16-7-6-15-5-1-2-12(15)10-16;;/h11-12,14H,1-10H2;2*1H. The molecule has 3 rings (SSSR count). The van der Waals surface area contributed by atoms with Gasteiger partial charge in [-0.15, -0.1) is 24.8 Å². The average molecular weight is 310 g/mol. The lowest BCUT2D eigenvalue weighted by Crippen LogP contribution is -2.52. The van der Waals surface area contributed by atoms with E-state index in [1.165, 1.54) is 25.8 Å². The highest BCUT2D eigenvalue weighted by Gasteiger charge is 2.33. The van der Waals surface area contributed by atoms with Gasteiger partial charge in [-0.1, -0.05) is 0 Å². The lowest BCUT2D eigenvalue weighted by molar-refractivity contribution is -0.134. The fraction of sp³-hybridized carbons (Fsp3) is 0.923. The quantitative estimate of drug-likeness (QED) is 0.831. The van der Waals surface area contributed by atoms with Crippen molar-refractivity contribution < 1.29 is 4.79 Å². The molecule has 3 saturated heterocycles. The predicted octanol–water partition coefficient (Wildman–Crippen LogP) is 1.14. The summed E-state index contributed by atoms with van der Waals surface area (Å²) in [5.74, 6) is 0.981. The van der Waals surface area contributed by atoms with E-state index in [4.69, 9.17) is 0 Å². The van der Waals surface area contributed by atoms with Crippen molar-refractivity contribution in [3.63, 3.8) is 0 Å². The molecule has 0 bridgehead atoms. The monoisotopic (exact) mass is 309 g/mol. The Labute approximate surface area is 128 Å². The van der Waals surface area contributed by atoms with Crippen molar-refractivity contribution >= 4 is 30.7 Å². The van der Waals surface area contributed by atoms with Crippen molar-refractivity contribution in [3.05, 3.63) is 0 Å². The van der Waals surface area contributed by atoms with Crippen LogP contribution in [-0.2, 0) is 4.79 Å². The van der Waals surface area contributed by atoms with Crippen molar-refractivity contribution in [2.75, 3.05) is 39.3 Å². The molecule has 4 nitrogen and oxygen atoms in total. The smallest absolute Gasteiger partial charge is 0.222 e. The molecule has 0 aromatic carbocycles. The van der Waals surface area contributed by atoms with E-state index in [1.807, 2.05) is 0 Å². The van der Waals surface area contributed by atoms with Crippen LogP contribution in [0.3, 0.4) is 0 Å². The maximum atomic E-state index is 12.2. The molecule has 0 aliphatic carbocycles. The zero-order valence-electron chi connectivity index (χ0n) is 11.3. The number of hydrogen-bond donors (Lipinski definition) is 1. The molecule has 3 aliphatic heterocycles. The number of carbonyl (C=O) groups excluding carboxylic acids is 1. The Hall–Kier alpha value is -0.0300. The van der Waals surface area contributed by atoms with Crippen LogP contribution in [0.15, 0.2) is 0 Å². The summed E-state index contributed by atoms with van der Waals surface area (Å²) in [4.78, 5) is 16.9. The van der Waals surface area contributed by atoms with Crippen molar-refractivity contribution in [1.82, 2.24) is 15.1 Å². The highest BCUT2D eigenvalue weighted by molar-refractivity contribution is 5.85. The fourth-order valence-corrected chi connectivity index (χ4v) is 3.48. The normalized spacial score (nSPS) is 30.4. The van der Waals surface area contributed by atoms with E-state index in [9.17, 15) is 4.79 Å². The molecule has 3 aliphatic rings. The molecule has 0 saturated carbocycles. The summed E-state index contributed by atoms with van der Waals surface area (Å²) in [6.07, 6.45) is 4.54. The van der Waals surface area contributed by atoms with E-state index >= 15 is 0 Å². The summed E-state index contributed by atoms with van der Waals surface area (Å²) in [5, 5.41) is 3.34. The van der Waals surface area contributed by atoms with Crippen LogP contribution in [0.5, 0.6) is 0 Å². The van der Waals surface area contributed by atoms with E-state index in [0.29, 0.717) is 17.9 Å². The third-order valence-electron chi connectivity index (χ3n) is 4.57. The summed E-state index contributed by atoms with van der Waals surface area (Å²) in [7, 11) is 0. The number of hydrogen-bond acceptors (Lipinski definition) is 3. The van der Waals surface area contributed by atoms with E-state index in [-0.39, 0.29) is 24.8 Å². The van der Waals surface area contributed by atoms with Gasteiger partial charge in [0.05, 0.1) is 0 Å². The molecule has 19 heavy (non-hydrogen) atoms. The first-order chi connectivity index (χ1) is 8.33. The molecule has 3 heterocycles. The molecule has 2 atom stereocenters. The van der Waals surface area contributed by atoms with Crippen LogP contribution in [-0.4, -0.2) is 61.0 Å². The summed E-state index contributed by atoms with van der Waals surface area (Å²) in [5.41, 5.74) is 0. The summed E-state index contributed by atoms with van der Waals surface area (Å²) < 4.78 is 0. The second-order valence-corrected chi connectivity index (χ2v) is 5.73. The van der Waals surface area contributed by atoms with Crippen LogP contribution >= 0.6 is 24.8 Å². The van der Waals surface area contributed by atoms with Gasteiger partial charge in [-0.2, -0.15) is 0 Å². The van der Waals surface area contributed by atoms with Crippen LogP contribution in [0, 0.1) is 5.92 Å². The average Bonchev–Trinajstić information content (AvgIpc) is 2.97. The molecule has 1 N–H and O–H groups in total. The molecule has 0 aromatic heterocycles. The molecular formula is C13H25Cl2N3O. The Morgan fingerprint density at radius 3 is 2.74 bits per heavy atom. The van der Waals surface area contributed by atoms with Gasteiger partial charge in [0.2, 0.25) is 5.91 Å². The molecular weight excluding hydrogens is 285 g/mol. The summed E-state index contributed by atoms with van der Waals surface area (Å²) in [6, 6.07) is 0.661. The van der Waals surface area contributed by atoms with Crippen LogP contribution in [0.1, 0.15) is 25.7 Å². The van der Waals surface area contributed by atoms with Gasteiger partial charge in [0.15, 0.2) is 0 Å². The van der Waals surface area contributed by atoms with Gasteiger partial charge in [0.1, 0.15) is 0 Å². The lowest BCUT2D eigenvalue weighted by atomic mass is 10.0. The number of nitrogens with one attached hydrogen (secondary N) is 1. The van der Waals surface area contributed by atoms with Crippen molar-refractivity contribution in [2.45, 2.75) is 31.7 Å². The van der Waals surface area contributed by atoms with Crippen LogP contribution in [0.2, 0.25) is 0 Å². The van der Waals surface area contributed by atoms with Crippen molar-refractivity contribution in [1.29, 1.82) is 0 Å². The molecule has 0 aromatic rings. The number of carbonyl (C=O) groups is 1. The zero-order valence-corrected chi connectivity index (χ0v) is 13.0. The van der Waals surface area contributed by atoms with Crippen LogP contribution in [0.4, 0.5) is 0 Å². The number of fused-ring (bicyclic) bond motifs is 1. The van der Waals surface area contributed by atoms with E-state index < -0.39 is 0 Å². The fourth-order valence-electron chi connectivity index (χ4n) is 3.48. The van der Waals surface area contributed by atoms with Gasteiger partial charge in [-0.25, -0.2) is 0 Å². The third-order valence-corrected chi connectivity index (χ3v) is 4.57. The van der Waals surface area contributed by atoms with Crippen molar-refractivity contribution in [2.24, 2.45) is 5.92 Å². The summed E-state index contributed by atoms with van der Waals surface area (Å²) in [6.45, 7) is 6.41. The van der Waals surface area contributed by atoms with Gasteiger partial charge >= 0.3 is 0 Å². The van der Waals surface area contributed by atoms with E-state index in [2.05, 4.69) is 15.1 Å². The van der Waals surface area contributed by atoms with Crippen molar-refractivity contribution in [3.8, 4) is 0 Å². The second kappa shape index (κ2) is 7.67. The Bertz CT molecular complexity index is 298. The molecule has 0 spiro atoms. The number of halogens is 2. The predicted molar refractivity (Wildman–Crippen MR) is 81.3 cm³/mol. The van der Waals surface area contributed by atoms with Gasteiger partial charge in [-0.3, -0.25) is 9.69 Å². The zero-order chi connectivity index (χ0) is 11.7. The minimum absolute atomic E-state index is 0. The number of piperazine rings is 1. The highest BCUT2D eigenvalue weighted by Crippen LogP contribution is 2.23. The molecule has 0 radical (unpaired) electrons. The Kier molecular flexibility index (Phi) is 6.87. The number of nitrogens with zero attached hydrogens (tertiary/aromatic N) is 2. The van der Waals surface area contributed by atoms with Gasteiger partial charge in [-0.05, 0) is 44.8 Å². The van der Waals surface area contributed by atoms with Gasteiger partial charge < -0.3 is 10.2 Å². The summed E-state index contributed by atoms with van der Waals surface area (Å²) >= 11 is 0. The lowest BCUT2D eigenvalue weighted by Gasteiger charge is -2.37. The van der Waals surface area contributed by atoms with E-state index in [0.717, 1.165) is 39.1 Å². The SMILES string of the molecule is Cl.Cl.O=C(CC1CCNC1)N1CCN2CCCC2C1. The molecule has 2 unspecified atom stereocenters.